The Balaban J connectivity index is 1.47. The summed E-state index contributed by atoms with van der Waals surface area (Å²) in [6.45, 7) is 4.86. The van der Waals surface area contributed by atoms with E-state index >= 15 is 0 Å². The number of hydrogen-bond acceptors (Lipinski definition) is 7. The molecule has 0 saturated heterocycles. The Morgan fingerprint density at radius 1 is 0.830 bits per heavy atom. The number of alkyl carbamates (subject to hydrolysis) is 1. The maximum Gasteiger partial charge on any atom is 0.407 e. The molecule has 3 amide bonds. The topological polar surface area (TPSA) is 114 Å². The number of hydrogen-bond donors (Lipinski definition) is 1. The van der Waals surface area contributed by atoms with Gasteiger partial charge in [-0.25, -0.2) is 14.4 Å². The van der Waals surface area contributed by atoms with Gasteiger partial charge in [-0.1, -0.05) is 78.9 Å². The third-order valence-corrected chi connectivity index (χ3v) is 8.03. The zero-order chi connectivity index (χ0) is 33.4. The second-order valence-electron chi connectivity index (χ2n) is 11.4. The summed E-state index contributed by atoms with van der Waals surface area (Å²) in [5.74, 6) is -1.42. The predicted molar refractivity (Wildman–Crippen MR) is 179 cm³/mol. The molecular weight excluding hydrogens is 598 g/mol. The van der Waals surface area contributed by atoms with E-state index < -0.39 is 24.0 Å². The highest BCUT2D eigenvalue weighted by Crippen LogP contribution is 2.34. The Morgan fingerprint density at radius 2 is 1.49 bits per heavy atom. The molecule has 10 heteroatoms. The first-order valence-electron chi connectivity index (χ1n) is 16.4. The Labute approximate surface area is 277 Å². The van der Waals surface area contributed by atoms with E-state index in [1.807, 2.05) is 84.9 Å². The molecule has 3 aromatic carbocycles. The van der Waals surface area contributed by atoms with Crippen LogP contribution in [0.1, 0.15) is 49.8 Å². The Hall–Kier alpha value is -4.86. The maximum absolute atomic E-state index is 14.4. The number of anilines is 1. The van der Waals surface area contributed by atoms with Crippen molar-refractivity contribution in [3.63, 3.8) is 0 Å². The highest BCUT2D eigenvalue weighted by atomic mass is 16.5. The van der Waals surface area contributed by atoms with Crippen LogP contribution in [0.15, 0.2) is 84.9 Å². The molecule has 0 spiro atoms. The molecule has 10 nitrogen and oxygen atoms in total. The van der Waals surface area contributed by atoms with Gasteiger partial charge in [0.05, 0.1) is 19.1 Å². The molecule has 2 atom stereocenters. The van der Waals surface area contributed by atoms with Gasteiger partial charge >= 0.3 is 24.1 Å². The standard InChI is InChI=1S/C37H45N3O7/c1-3-45-34(41)31(22-21-28-15-7-5-8-16-28)26-39(24-14-13-23-38-36(43)47-27-29-17-9-6-10-18-29)37(44)40-32-20-12-11-19-30(32)25-33(40)35(42)46-4-2/h5-12,15-20,31,33H,3-4,13-14,21-27H2,1-2H3,(H,38,43)/t31-,33+/m1/s1. The number of nitrogens with zero attached hydrogens (tertiary/aromatic N) is 2. The average molecular weight is 644 g/mol. The smallest absolute Gasteiger partial charge is 0.407 e. The van der Waals surface area contributed by atoms with Crippen molar-refractivity contribution in [3.05, 3.63) is 102 Å². The third kappa shape index (κ3) is 10.3. The van der Waals surface area contributed by atoms with E-state index in [0.29, 0.717) is 50.9 Å². The fourth-order valence-electron chi connectivity index (χ4n) is 5.65. The first-order valence-corrected chi connectivity index (χ1v) is 16.4. The van der Waals surface area contributed by atoms with Crippen LogP contribution >= 0.6 is 0 Å². The lowest BCUT2D eigenvalue weighted by Crippen LogP contribution is -2.52. The van der Waals surface area contributed by atoms with Crippen molar-refractivity contribution in [2.45, 2.75) is 58.6 Å². The van der Waals surface area contributed by atoms with Gasteiger partial charge in [0.25, 0.3) is 0 Å². The highest BCUT2D eigenvalue weighted by Gasteiger charge is 2.41. The molecule has 250 valence electrons. The lowest BCUT2D eigenvalue weighted by molar-refractivity contribution is -0.149. The number of benzene rings is 3. The van der Waals surface area contributed by atoms with Crippen molar-refractivity contribution in [2.75, 3.05) is 37.7 Å². The summed E-state index contributed by atoms with van der Waals surface area (Å²) in [6, 6.07) is 25.6. The van der Waals surface area contributed by atoms with Crippen molar-refractivity contribution in [2.24, 2.45) is 5.92 Å². The summed E-state index contributed by atoms with van der Waals surface area (Å²) < 4.78 is 16.1. The number of para-hydroxylation sites is 1. The number of rotatable bonds is 16. The first kappa shape index (κ1) is 35.0. The molecule has 1 aliphatic heterocycles. The quantitative estimate of drug-likeness (QED) is 0.117. The van der Waals surface area contributed by atoms with Crippen LogP contribution in [0.2, 0.25) is 0 Å². The fraction of sp³-hybridized carbons (Fsp3) is 0.405. The highest BCUT2D eigenvalue weighted by molar-refractivity contribution is 6.01. The van der Waals surface area contributed by atoms with Crippen molar-refractivity contribution in [3.8, 4) is 0 Å². The lowest BCUT2D eigenvalue weighted by Gasteiger charge is -2.33. The SMILES string of the molecule is CCOC(=O)[C@H](CCc1ccccc1)CN(CCCCNC(=O)OCc1ccccc1)C(=O)N1c2ccccc2C[C@H]1C(=O)OCC. The molecule has 0 radical (unpaired) electrons. The van der Waals surface area contributed by atoms with Crippen LogP contribution in [-0.2, 0) is 43.2 Å². The molecule has 0 fully saturated rings. The largest absolute Gasteiger partial charge is 0.466 e. The van der Waals surface area contributed by atoms with Gasteiger partial charge in [-0.15, -0.1) is 0 Å². The van der Waals surface area contributed by atoms with E-state index in [1.54, 1.807) is 18.7 Å². The zero-order valence-electron chi connectivity index (χ0n) is 27.3. The number of amides is 3. The van der Waals surface area contributed by atoms with Crippen LogP contribution in [0.25, 0.3) is 0 Å². The van der Waals surface area contributed by atoms with Crippen LogP contribution in [0.3, 0.4) is 0 Å². The summed E-state index contributed by atoms with van der Waals surface area (Å²) in [7, 11) is 0. The van der Waals surface area contributed by atoms with E-state index in [4.69, 9.17) is 14.2 Å². The number of aryl methyl sites for hydroxylation is 1. The number of ether oxygens (including phenoxy) is 3. The monoisotopic (exact) mass is 643 g/mol. The van der Waals surface area contributed by atoms with Gasteiger partial charge in [0.1, 0.15) is 12.6 Å². The fourth-order valence-corrected chi connectivity index (χ4v) is 5.65. The summed E-state index contributed by atoms with van der Waals surface area (Å²) >= 11 is 0. The summed E-state index contributed by atoms with van der Waals surface area (Å²) in [5, 5.41) is 2.76. The molecule has 3 aromatic rings. The van der Waals surface area contributed by atoms with Gasteiger partial charge in [0, 0.05) is 31.7 Å². The van der Waals surface area contributed by atoms with Gasteiger partial charge < -0.3 is 24.4 Å². The molecule has 1 aliphatic rings. The van der Waals surface area contributed by atoms with Gasteiger partial charge in [0.2, 0.25) is 0 Å². The van der Waals surface area contributed by atoms with E-state index in [1.165, 1.54) is 4.90 Å². The van der Waals surface area contributed by atoms with E-state index in [9.17, 15) is 19.2 Å². The predicted octanol–water partition coefficient (Wildman–Crippen LogP) is 5.92. The Kier molecular flexibility index (Phi) is 13.6. The Bertz CT molecular complexity index is 1450. The molecule has 0 aliphatic carbocycles. The molecule has 47 heavy (non-hydrogen) atoms. The van der Waals surface area contributed by atoms with Crippen molar-refractivity contribution >= 4 is 29.8 Å². The molecule has 0 aromatic heterocycles. The van der Waals surface area contributed by atoms with Gasteiger partial charge in [-0.2, -0.15) is 0 Å². The summed E-state index contributed by atoms with van der Waals surface area (Å²) in [4.78, 5) is 56.1. The van der Waals surface area contributed by atoms with Crippen LogP contribution in [0.5, 0.6) is 0 Å². The number of esters is 2. The van der Waals surface area contributed by atoms with Crippen molar-refractivity contribution in [1.29, 1.82) is 0 Å². The van der Waals surface area contributed by atoms with E-state index in [2.05, 4.69) is 5.32 Å². The van der Waals surface area contributed by atoms with Gasteiger partial charge in [0.15, 0.2) is 0 Å². The Morgan fingerprint density at radius 3 is 2.19 bits per heavy atom. The minimum atomic E-state index is -0.811. The molecule has 4 rings (SSSR count). The molecule has 1 heterocycles. The first-order chi connectivity index (χ1) is 22.9. The molecular formula is C37H45N3O7. The van der Waals surface area contributed by atoms with Crippen LogP contribution < -0.4 is 10.2 Å². The minimum absolute atomic E-state index is 0.116. The summed E-state index contributed by atoms with van der Waals surface area (Å²) in [6.07, 6.45) is 2.06. The number of carbonyl (C=O) groups excluding carboxylic acids is 4. The van der Waals surface area contributed by atoms with Gasteiger partial charge in [-0.3, -0.25) is 9.69 Å². The second-order valence-corrected chi connectivity index (χ2v) is 11.4. The number of unbranched alkanes of at least 4 members (excludes halogenated alkanes) is 1. The van der Waals surface area contributed by atoms with Crippen molar-refractivity contribution in [1.82, 2.24) is 10.2 Å². The number of carbonyl (C=O) groups is 4. The summed E-state index contributed by atoms with van der Waals surface area (Å²) in [5.41, 5.74) is 3.51. The number of nitrogens with one attached hydrogen (secondary N) is 1. The zero-order valence-corrected chi connectivity index (χ0v) is 27.3. The molecule has 1 N–H and O–H groups in total. The normalized spacial score (nSPS) is 14.1. The van der Waals surface area contributed by atoms with E-state index in [0.717, 1.165) is 16.7 Å². The molecule has 0 saturated carbocycles. The van der Waals surface area contributed by atoms with Crippen molar-refractivity contribution < 1.29 is 33.4 Å². The minimum Gasteiger partial charge on any atom is -0.466 e. The van der Waals surface area contributed by atoms with Gasteiger partial charge in [-0.05, 0) is 62.3 Å². The van der Waals surface area contributed by atoms with Crippen LogP contribution in [0, 0.1) is 5.92 Å². The van der Waals surface area contributed by atoms with Crippen LogP contribution in [-0.4, -0.2) is 67.9 Å². The lowest BCUT2D eigenvalue weighted by atomic mass is 9.98. The maximum atomic E-state index is 14.4. The second kappa shape index (κ2) is 18.3. The number of urea groups is 1. The van der Waals surface area contributed by atoms with Crippen LogP contribution in [0.4, 0.5) is 15.3 Å². The average Bonchev–Trinajstić information content (AvgIpc) is 3.49. The molecule has 0 bridgehead atoms. The number of fused-ring (bicyclic) bond motifs is 1. The van der Waals surface area contributed by atoms with E-state index in [-0.39, 0.29) is 38.4 Å². The molecule has 0 unspecified atom stereocenters. The third-order valence-electron chi connectivity index (χ3n) is 8.03.